The largest absolute Gasteiger partial charge is 0.323 e. The number of benzene rings is 1. The van der Waals surface area contributed by atoms with Crippen molar-refractivity contribution in [3.8, 4) is 0 Å². The van der Waals surface area contributed by atoms with Crippen LogP contribution in [0.1, 0.15) is 13.3 Å². The van der Waals surface area contributed by atoms with E-state index in [0.29, 0.717) is 18.9 Å². The maximum absolute atomic E-state index is 12.6. The molecule has 1 aliphatic heterocycles. The van der Waals surface area contributed by atoms with Crippen molar-refractivity contribution in [2.45, 2.75) is 24.8 Å². The number of anilines is 1. The molecule has 1 fully saturated rings. The van der Waals surface area contributed by atoms with Gasteiger partial charge in [0.25, 0.3) is 0 Å². The molecule has 0 saturated carbocycles. The maximum atomic E-state index is 12.6. The van der Waals surface area contributed by atoms with E-state index in [0.717, 1.165) is 13.0 Å². The number of rotatable bonds is 5. The van der Waals surface area contributed by atoms with Crippen LogP contribution in [0.15, 0.2) is 41.4 Å². The van der Waals surface area contributed by atoms with Crippen molar-refractivity contribution in [3.05, 3.63) is 36.5 Å². The normalized spacial score (nSPS) is 15.8. The van der Waals surface area contributed by atoms with Gasteiger partial charge in [-0.05, 0) is 18.6 Å². The van der Waals surface area contributed by atoms with Crippen LogP contribution in [0.25, 0.3) is 0 Å². The molecule has 2 heterocycles. The van der Waals surface area contributed by atoms with E-state index in [2.05, 4.69) is 15.6 Å². The molecule has 0 bridgehead atoms. The first kappa shape index (κ1) is 18.3. The second kappa shape index (κ2) is 7.83. The molecule has 26 heavy (non-hydrogen) atoms. The number of amides is 2. The van der Waals surface area contributed by atoms with Crippen LogP contribution in [0, 0.1) is 0 Å². The van der Waals surface area contributed by atoms with E-state index >= 15 is 0 Å². The second-order valence-corrected chi connectivity index (χ2v) is 7.94. The highest BCUT2D eigenvalue weighted by molar-refractivity contribution is 7.89. The quantitative estimate of drug-likeness (QED) is 0.843. The Labute approximate surface area is 152 Å². The molecule has 3 rings (SSSR count). The summed E-state index contributed by atoms with van der Waals surface area (Å²) in [6.45, 7) is 3.92. The lowest BCUT2D eigenvalue weighted by molar-refractivity contribution is 0.184. The lowest BCUT2D eigenvalue weighted by Crippen LogP contribution is -2.51. The zero-order valence-corrected chi connectivity index (χ0v) is 15.4. The van der Waals surface area contributed by atoms with Crippen molar-refractivity contribution in [1.29, 1.82) is 0 Å². The second-order valence-electron chi connectivity index (χ2n) is 6.00. The molecule has 0 spiro atoms. The average Bonchev–Trinajstić information content (AvgIpc) is 3.10. The third kappa shape index (κ3) is 4.02. The molecule has 0 atom stereocenters. The molecule has 1 N–H and O–H groups in total. The van der Waals surface area contributed by atoms with Crippen LogP contribution in [-0.2, 0) is 16.6 Å². The van der Waals surface area contributed by atoms with E-state index in [-0.39, 0.29) is 24.0 Å². The zero-order chi connectivity index (χ0) is 18.6. The molecule has 0 unspecified atom stereocenters. The fourth-order valence-corrected chi connectivity index (χ4v) is 4.20. The molecule has 9 nitrogen and oxygen atoms in total. The lowest BCUT2D eigenvalue weighted by Gasteiger charge is -2.33. The highest BCUT2D eigenvalue weighted by atomic mass is 32.2. The first-order valence-corrected chi connectivity index (χ1v) is 9.96. The molecule has 0 radical (unpaired) electrons. The number of hydrogen-bond donors (Lipinski definition) is 1. The van der Waals surface area contributed by atoms with Gasteiger partial charge in [-0.15, -0.1) is 5.10 Å². The topological polar surface area (TPSA) is 100 Å². The van der Waals surface area contributed by atoms with Gasteiger partial charge in [0.15, 0.2) is 5.82 Å². The van der Waals surface area contributed by atoms with Crippen LogP contribution in [0.5, 0.6) is 0 Å². The van der Waals surface area contributed by atoms with Crippen molar-refractivity contribution in [2.75, 3.05) is 31.5 Å². The molecule has 2 aromatic rings. The number of piperazine rings is 1. The van der Waals surface area contributed by atoms with E-state index in [1.807, 2.05) is 6.92 Å². The number of carbonyl (C=O) groups excluding carboxylic acids is 1. The standard InChI is InChI=1S/C16H22N6O3S/c1-2-8-21-13-15(18-19-21)17-16(23)20-9-11-22(12-10-20)26(24,25)14-6-4-3-5-7-14/h3-7,13H,2,8-12H2,1H3,(H,17,23). The van der Waals surface area contributed by atoms with Gasteiger partial charge in [-0.1, -0.05) is 30.3 Å². The van der Waals surface area contributed by atoms with Gasteiger partial charge in [0.05, 0.1) is 11.1 Å². The van der Waals surface area contributed by atoms with E-state index in [1.54, 1.807) is 46.1 Å². The third-order valence-corrected chi connectivity index (χ3v) is 6.05. The third-order valence-electron chi connectivity index (χ3n) is 4.13. The Balaban J connectivity index is 1.57. The summed E-state index contributed by atoms with van der Waals surface area (Å²) in [6.07, 6.45) is 2.60. The van der Waals surface area contributed by atoms with Crippen molar-refractivity contribution in [1.82, 2.24) is 24.2 Å². The van der Waals surface area contributed by atoms with E-state index in [9.17, 15) is 13.2 Å². The van der Waals surface area contributed by atoms with Crippen LogP contribution in [0.4, 0.5) is 10.6 Å². The predicted molar refractivity (Wildman–Crippen MR) is 96.1 cm³/mol. The fraction of sp³-hybridized carbons (Fsp3) is 0.438. The van der Waals surface area contributed by atoms with E-state index in [4.69, 9.17) is 0 Å². The number of hydrogen-bond acceptors (Lipinski definition) is 5. The van der Waals surface area contributed by atoms with Gasteiger partial charge in [0, 0.05) is 32.7 Å². The van der Waals surface area contributed by atoms with Crippen LogP contribution in [0.2, 0.25) is 0 Å². The number of nitrogens with one attached hydrogen (secondary N) is 1. The Morgan fingerprint density at radius 3 is 2.50 bits per heavy atom. The summed E-state index contributed by atoms with van der Waals surface area (Å²) >= 11 is 0. The molecule has 140 valence electrons. The number of sulfonamides is 1. The van der Waals surface area contributed by atoms with Gasteiger partial charge < -0.3 is 4.90 Å². The molecule has 10 heteroatoms. The molecular weight excluding hydrogens is 356 g/mol. The molecule has 1 aliphatic rings. The maximum Gasteiger partial charge on any atom is 0.323 e. The Morgan fingerprint density at radius 1 is 1.15 bits per heavy atom. The Kier molecular flexibility index (Phi) is 5.52. The molecule has 1 saturated heterocycles. The number of aromatic nitrogens is 3. The molecule has 0 aliphatic carbocycles. The number of carbonyl (C=O) groups is 1. The van der Waals surface area contributed by atoms with Gasteiger partial charge in [-0.2, -0.15) is 4.31 Å². The highest BCUT2D eigenvalue weighted by Crippen LogP contribution is 2.17. The lowest BCUT2D eigenvalue weighted by atomic mass is 10.4. The van der Waals surface area contributed by atoms with Crippen LogP contribution < -0.4 is 5.32 Å². The Hall–Kier alpha value is -2.46. The van der Waals surface area contributed by atoms with Gasteiger partial charge in [-0.3, -0.25) is 10.00 Å². The smallest absolute Gasteiger partial charge is 0.322 e. The minimum absolute atomic E-state index is 0.257. The number of nitrogens with zero attached hydrogens (tertiary/aromatic N) is 5. The summed E-state index contributed by atoms with van der Waals surface area (Å²) in [6, 6.07) is 8.02. The summed E-state index contributed by atoms with van der Waals surface area (Å²) in [4.78, 5) is 14.2. The van der Waals surface area contributed by atoms with Crippen molar-refractivity contribution < 1.29 is 13.2 Å². The summed E-state index contributed by atoms with van der Waals surface area (Å²) in [5.74, 6) is 0.391. The Morgan fingerprint density at radius 2 is 1.85 bits per heavy atom. The van der Waals surface area contributed by atoms with Crippen LogP contribution in [0.3, 0.4) is 0 Å². The SMILES string of the molecule is CCCn1cc(NC(=O)N2CCN(S(=O)(=O)c3ccccc3)CC2)nn1. The average molecular weight is 378 g/mol. The summed E-state index contributed by atoms with van der Waals surface area (Å²) in [7, 11) is -3.52. The molecule has 2 amide bonds. The number of aryl methyl sites for hydroxylation is 1. The molecular formula is C16H22N6O3S. The van der Waals surface area contributed by atoms with Gasteiger partial charge in [0.2, 0.25) is 10.0 Å². The summed E-state index contributed by atoms with van der Waals surface area (Å²) < 4.78 is 28.3. The Bertz CT molecular complexity index is 844. The fourth-order valence-electron chi connectivity index (χ4n) is 2.76. The number of urea groups is 1. The molecule has 1 aromatic heterocycles. The highest BCUT2D eigenvalue weighted by Gasteiger charge is 2.30. The van der Waals surface area contributed by atoms with Gasteiger partial charge >= 0.3 is 6.03 Å². The minimum atomic E-state index is -3.52. The van der Waals surface area contributed by atoms with E-state index in [1.165, 1.54) is 4.31 Å². The van der Waals surface area contributed by atoms with Crippen molar-refractivity contribution >= 4 is 21.9 Å². The van der Waals surface area contributed by atoms with Crippen LogP contribution >= 0.6 is 0 Å². The monoisotopic (exact) mass is 378 g/mol. The van der Waals surface area contributed by atoms with Crippen molar-refractivity contribution in [3.63, 3.8) is 0 Å². The van der Waals surface area contributed by atoms with Gasteiger partial charge in [0.1, 0.15) is 0 Å². The van der Waals surface area contributed by atoms with Gasteiger partial charge in [-0.25, -0.2) is 13.2 Å². The minimum Gasteiger partial charge on any atom is -0.322 e. The predicted octanol–water partition coefficient (Wildman–Crippen LogP) is 1.23. The van der Waals surface area contributed by atoms with Crippen molar-refractivity contribution in [2.24, 2.45) is 0 Å². The van der Waals surface area contributed by atoms with Crippen LogP contribution in [-0.4, -0.2) is 64.8 Å². The first-order chi connectivity index (χ1) is 12.5. The van der Waals surface area contributed by atoms with E-state index < -0.39 is 10.0 Å². The zero-order valence-electron chi connectivity index (χ0n) is 14.6. The molecule has 1 aromatic carbocycles. The summed E-state index contributed by atoms with van der Waals surface area (Å²) in [5, 5.41) is 10.5. The summed E-state index contributed by atoms with van der Waals surface area (Å²) in [5.41, 5.74) is 0. The first-order valence-electron chi connectivity index (χ1n) is 8.52.